The molecule has 9 aromatic carbocycles. The lowest BCUT2D eigenvalue weighted by molar-refractivity contribution is 0.623. The average Bonchev–Trinajstić information content (AvgIpc) is 3.72. The SMILES string of the molecule is c1ccc(-c2cccc(N(c3ccccc3)c3ccc4c(c3)c3ccccc3c3oc(-c5cccc(N(c6ccccc6)c6ccccc6)c5)nc43)c2)cc1. The fraction of sp³-hybridized carbons (Fsp3) is 0. The number of oxazole rings is 1. The van der Waals surface area contributed by atoms with Crippen molar-refractivity contribution in [1.29, 1.82) is 0 Å². The molecule has 0 atom stereocenters. The lowest BCUT2D eigenvalue weighted by Crippen LogP contribution is -2.10. The van der Waals surface area contributed by atoms with Crippen LogP contribution in [0, 0.1) is 0 Å². The lowest BCUT2D eigenvalue weighted by Gasteiger charge is -2.26. The van der Waals surface area contributed by atoms with Gasteiger partial charge in [0, 0.05) is 50.5 Å². The van der Waals surface area contributed by atoms with Gasteiger partial charge < -0.3 is 14.2 Å². The van der Waals surface area contributed by atoms with Crippen molar-refractivity contribution in [3.63, 3.8) is 0 Å². The lowest BCUT2D eigenvalue weighted by atomic mass is 9.99. The zero-order valence-corrected chi connectivity index (χ0v) is 30.0. The molecule has 0 unspecified atom stereocenters. The van der Waals surface area contributed by atoms with Crippen LogP contribution in [0.5, 0.6) is 0 Å². The quantitative estimate of drug-likeness (QED) is 0.147. The summed E-state index contributed by atoms with van der Waals surface area (Å²) in [5.74, 6) is 0.586. The normalized spacial score (nSPS) is 11.3. The summed E-state index contributed by atoms with van der Waals surface area (Å²) in [5.41, 5.74) is 11.3. The molecular weight excluding hydrogens is 671 g/mol. The molecule has 0 saturated carbocycles. The van der Waals surface area contributed by atoms with Crippen molar-refractivity contribution >= 4 is 66.8 Å². The molecule has 10 rings (SSSR count). The van der Waals surface area contributed by atoms with E-state index in [0.717, 1.165) is 72.3 Å². The first-order valence-electron chi connectivity index (χ1n) is 18.5. The molecule has 0 aliphatic carbocycles. The summed E-state index contributed by atoms with van der Waals surface area (Å²) in [5, 5.41) is 4.32. The van der Waals surface area contributed by atoms with Gasteiger partial charge in [0.05, 0.1) is 0 Å². The van der Waals surface area contributed by atoms with Gasteiger partial charge in [-0.1, -0.05) is 127 Å². The van der Waals surface area contributed by atoms with Crippen LogP contribution in [0.15, 0.2) is 217 Å². The van der Waals surface area contributed by atoms with Crippen LogP contribution in [-0.4, -0.2) is 4.98 Å². The van der Waals surface area contributed by atoms with Crippen molar-refractivity contribution in [3.8, 4) is 22.6 Å². The summed E-state index contributed by atoms with van der Waals surface area (Å²) in [6.07, 6.45) is 0. The van der Waals surface area contributed by atoms with Crippen LogP contribution in [0.25, 0.3) is 55.2 Å². The third-order valence-electron chi connectivity index (χ3n) is 10.2. The fourth-order valence-corrected chi connectivity index (χ4v) is 7.68. The number of hydrogen-bond acceptors (Lipinski definition) is 4. The molecule has 1 heterocycles. The third-order valence-corrected chi connectivity index (χ3v) is 10.2. The second kappa shape index (κ2) is 13.8. The summed E-state index contributed by atoms with van der Waals surface area (Å²) in [7, 11) is 0. The smallest absolute Gasteiger partial charge is 0.227 e. The van der Waals surface area contributed by atoms with E-state index < -0.39 is 0 Å². The van der Waals surface area contributed by atoms with Crippen molar-refractivity contribution in [2.45, 2.75) is 0 Å². The number of para-hydroxylation sites is 3. The minimum absolute atomic E-state index is 0.586. The van der Waals surface area contributed by atoms with E-state index in [0.29, 0.717) is 5.89 Å². The fourth-order valence-electron chi connectivity index (χ4n) is 7.68. The molecule has 0 fully saturated rings. The number of anilines is 6. The van der Waals surface area contributed by atoms with Gasteiger partial charge in [0.1, 0.15) is 5.52 Å². The van der Waals surface area contributed by atoms with Crippen LogP contribution in [-0.2, 0) is 0 Å². The van der Waals surface area contributed by atoms with Gasteiger partial charge in [0.2, 0.25) is 5.89 Å². The Kier molecular flexibility index (Phi) is 8.12. The summed E-state index contributed by atoms with van der Waals surface area (Å²) < 4.78 is 6.75. The Morgan fingerprint density at radius 3 is 1.38 bits per heavy atom. The zero-order chi connectivity index (χ0) is 36.6. The van der Waals surface area contributed by atoms with Crippen molar-refractivity contribution < 1.29 is 4.42 Å². The van der Waals surface area contributed by atoms with Crippen LogP contribution in [0.4, 0.5) is 34.1 Å². The van der Waals surface area contributed by atoms with Crippen LogP contribution < -0.4 is 9.80 Å². The molecule has 0 aliphatic heterocycles. The van der Waals surface area contributed by atoms with E-state index in [1.165, 1.54) is 11.1 Å². The number of aromatic nitrogens is 1. The first-order valence-corrected chi connectivity index (χ1v) is 18.5. The molecule has 0 radical (unpaired) electrons. The number of rotatable bonds is 8. The van der Waals surface area contributed by atoms with Crippen molar-refractivity contribution in [2.24, 2.45) is 0 Å². The molecule has 0 aliphatic rings. The molecule has 0 saturated heterocycles. The molecule has 0 amide bonds. The summed E-state index contributed by atoms with van der Waals surface area (Å²) >= 11 is 0. The largest absolute Gasteiger partial charge is 0.435 e. The van der Waals surface area contributed by atoms with Gasteiger partial charge in [-0.25, -0.2) is 4.98 Å². The monoisotopic (exact) mass is 705 g/mol. The second-order valence-electron chi connectivity index (χ2n) is 13.6. The Labute approximate surface area is 319 Å². The van der Waals surface area contributed by atoms with Crippen molar-refractivity contribution in [2.75, 3.05) is 9.80 Å². The number of nitrogens with zero attached hydrogens (tertiary/aromatic N) is 3. The maximum absolute atomic E-state index is 6.75. The maximum Gasteiger partial charge on any atom is 0.227 e. The number of fused-ring (bicyclic) bond motifs is 6. The summed E-state index contributed by atoms with van der Waals surface area (Å²) in [4.78, 5) is 9.83. The standard InChI is InChI=1S/C51H35N3O/c1-5-17-36(18-6-1)37-19-15-27-42(33-37)54(41-25-11-4-12-26-41)44-31-32-46-48(35-44)45-29-13-14-30-47(45)50-49(46)52-51(55-50)38-20-16-28-43(34-38)53(39-21-7-2-8-22-39)40-23-9-3-10-24-40/h1-35H. The minimum atomic E-state index is 0.586. The molecule has 1 aromatic heterocycles. The van der Waals surface area contributed by atoms with Gasteiger partial charge in [0.15, 0.2) is 5.58 Å². The summed E-state index contributed by atoms with van der Waals surface area (Å²) in [6, 6.07) is 74.4. The Hall–Kier alpha value is -7.43. The van der Waals surface area contributed by atoms with Gasteiger partial charge in [-0.05, 0) is 107 Å². The van der Waals surface area contributed by atoms with Crippen LogP contribution >= 0.6 is 0 Å². The predicted octanol–water partition coefficient (Wildman–Crippen LogP) is 14.4. The van der Waals surface area contributed by atoms with E-state index in [-0.39, 0.29) is 0 Å². The van der Waals surface area contributed by atoms with E-state index in [1.54, 1.807) is 0 Å². The zero-order valence-electron chi connectivity index (χ0n) is 30.0. The highest BCUT2D eigenvalue weighted by Gasteiger charge is 2.20. The number of hydrogen-bond donors (Lipinski definition) is 0. The Morgan fingerprint density at radius 1 is 0.309 bits per heavy atom. The van der Waals surface area contributed by atoms with Gasteiger partial charge in [-0.3, -0.25) is 0 Å². The van der Waals surface area contributed by atoms with E-state index in [9.17, 15) is 0 Å². The molecule has 4 nitrogen and oxygen atoms in total. The molecule has 0 N–H and O–H groups in total. The van der Waals surface area contributed by atoms with Crippen LogP contribution in [0.1, 0.15) is 0 Å². The first kappa shape index (κ1) is 32.2. The molecule has 0 spiro atoms. The molecule has 260 valence electrons. The van der Waals surface area contributed by atoms with Gasteiger partial charge in [-0.2, -0.15) is 0 Å². The second-order valence-corrected chi connectivity index (χ2v) is 13.6. The van der Waals surface area contributed by atoms with Crippen molar-refractivity contribution in [3.05, 3.63) is 212 Å². The highest BCUT2D eigenvalue weighted by Crippen LogP contribution is 2.43. The number of benzene rings is 9. The maximum atomic E-state index is 6.75. The predicted molar refractivity (Wildman–Crippen MR) is 229 cm³/mol. The average molecular weight is 706 g/mol. The minimum Gasteiger partial charge on any atom is -0.435 e. The van der Waals surface area contributed by atoms with Crippen LogP contribution in [0.2, 0.25) is 0 Å². The van der Waals surface area contributed by atoms with Crippen molar-refractivity contribution in [1.82, 2.24) is 4.98 Å². The van der Waals surface area contributed by atoms with Crippen LogP contribution in [0.3, 0.4) is 0 Å². The molecule has 55 heavy (non-hydrogen) atoms. The molecule has 10 aromatic rings. The van der Waals surface area contributed by atoms with Gasteiger partial charge >= 0.3 is 0 Å². The highest BCUT2D eigenvalue weighted by atomic mass is 16.3. The molecular formula is C51H35N3O. The highest BCUT2D eigenvalue weighted by molar-refractivity contribution is 6.23. The molecule has 4 heteroatoms. The van der Waals surface area contributed by atoms with E-state index in [2.05, 4.69) is 210 Å². The Bertz CT molecular complexity index is 2890. The van der Waals surface area contributed by atoms with Gasteiger partial charge in [0.25, 0.3) is 0 Å². The Morgan fingerprint density at radius 2 is 0.764 bits per heavy atom. The van der Waals surface area contributed by atoms with E-state index >= 15 is 0 Å². The first-order chi connectivity index (χ1) is 27.3. The topological polar surface area (TPSA) is 32.5 Å². The third kappa shape index (κ3) is 5.96. The molecule has 0 bridgehead atoms. The van der Waals surface area contributed by atoms with E-state index in [4.69, 9.17) is 9.40 Å². The van der Waals surface area contributed by atoms with Gasteiger partial charge in [-0.15, -0.1) is 0 Å². The Balaban J connectivity index is 1.12. The van der Waals surface area contributed by atoms with E-state index in [1.807, 2.05) is 12.1 Å². The summed E-state index contributed by atoms with van der Waals surface area (Å²) in [6.45, 7) is 0.